The van der Waals surface area contributed by atoms with Crippen LogP contribution in [0.15, 0.2) is 48.9 Å². The molecule has 1 aliphatic rings. The van der Waals surface area contributed by atoms with Gasteiger partial charge in [0, 0.05) is 35.1 Å². The topological polar surface area (TPSA) is 89.1 Å². The van der Waals surface area contributed by atoms with Gasteiger partial charge in [0.25, 0.3) is 5.91 Å². The number of benzene rings is 1. The van der Waals surface area contributed by atoms with Crippen molar-refractivity contribution in [3.63, 3.8) is 0 Å². The Hall–Kier alpha value is -3.35. The van der Waals surface area contributed by atoms with Gasteiger partial charge in [0.15, 0.2) is 11.5 Å². The summed E-state index contributed by atoms with van der Waals surface area (Å²) >= 11 is 0. The van der Waals surface area contributed by atoms with Gasteiger partial charge in [-0.2, -0.15) is 0 Å². The van der Waals surface area contributed by atoms with E-state index in [-0.39, 0.29) is 5.91 Å². The van der Waals surface area contributed by atoms with Crippen molar-refractivity contribution in [2.45, 2.75) is 32.3 Å². The number of pyridine rings is 1. The molecule has 4 rings (SSSR count). The third-order valence-electron chi connectivity index (χ3n) is 4.47. The molecule has 144 valence electrons. The highest BCUT2D eigenvalue weighted by Gasteiger charge is 2.25. The molecule has 0 unspecified atom stereocenters. The third kappa shape index (κ3) is 4.31. The number of carbonyl (C=O) groups is 1. The van der Waals surface area contributed by atoms with Crippen molar-refractivity contribution in [2.75, 3.05) is 11.9 Å². The van der Waals surface area contributed by atoms with Gasteiger partial charge in [-0.05, 0) is 44.0 Å². The summed E-state index contributed by atoms with van der Waals surface area (Å²) in [6.45, 7) is 2.73. The molecule has 0 radical (unpaired) electrons. The van der Waals surface area contributed by atoms with Crippen LogP contribution >= 0.6 is 0 Å². The monoisotopic (exact) mass is 378 g/mol. The van der Waals surface area contributed by atoms with Crippen LogP contribution in [0.5, 0.6) is 11.5 Å². The molecule has 1 saturated carbocycles. The Kier molecular flexibility index (Phi) is 5.23. The molecule has 0 saturated heterocycles. The van der Waals surface area contributed by atoms with Crippen LogP contribution in [-0.4, -0.2) is 27.5 Å². The number of H-pyrrole nitrogens is 1. The summed E-state index contributed by atoms with van der Waals surface area (Å²) in [5.74, 6) is 1.87. The summed E-state index contributed by atoms with van der Waals surface area (Å²) in [5.41, 5.74) is 2.50. The summed E-state index contributed by atoms with van der Waals surface area (Å²) in [4.78, 5) is 24.0. The van der Waals surface area contributed by atoms with Gasteiger partial charge >= 0.3 is 0 Å². The van der Waals surface area contributed by atoms with Crippen LogP contribution < -0.4 is 14.8 Å². The van der Waals surface area contributed by atoms with E-state index in [0.29, 0.717) is 42.1 Å². The number of aromatic amines is 1. The molecular formula is C21H22N4O3. The maximum atomic E-state index is 12.6. The Labute approximate surface area is 163 Å². The van der Waals surface area contributed by atoms with Gasteiger partial charge in [-0.3, -0.25) is 15.1 Å². The van der Waals surface area contributed by atoms with Crippen LogP contribution in [0, 0.1) is 0 Å². The number of amides is 1. The zero-order chi connectivity index (χ0) is 19.3. The summed E-state index contributed by atoms with van der Waals surface area (Å²) in [6.07, 6.45) is 7.60. The minimum absolute atomic E-state index is 0.253. The molecule has 1 aliphatic carbocycles. The Morgan fingerprint density at radius 2 is 2.11 bits per heavy atom. The second-order valence-electron chi connectivity index (χ2n) is 6.66. The number of aromatic nitrogens is 3. The number of hydrogen-bond donors (Lipinski definition) is 2. The number of carbonyl (C=O) groups excluding carboxylic acids is 1. The highest BCUT2D eigenvalue weighted by atomic mass is 16.5. The minimum atomic E-state index is -0.253. The van der Waals surface area contributed by atoms with E-state index in [2.05, 4.69) is 20.3 Å². The number of nitrogens with one attached hydrogen (secondary N) is 2. The molecule has 1 aromatic carbocycles. The second kappa shape index (κ2) is 8.12. The van der Waals surface area contributed by atoms with Crippen molar-refractivity contribution in [3.05, 3.63) is 65.7 Å². The zero-order valence-corrected chi connectivity index (χ0v) is 15.6. The van der Waals surface area contributed by atoms with E-state index in [1.807, 2.05) is 19.1 Å². The normalized spacial score (nSPS) is 13.2. The number of hydrogen-bond acceptors (Lipinski definition) is 5. The molecule has 0 atom stereocenters. The summed E-state index contributed by atoms with van der Waals surface area (Å²) in [7, 11) is 0. The first-order valence-electron chi connectivity index (χ1n) is 9.37. The molecule has 0 aliphatic heterocycles. The fraction of sp³-hybridized carbons (Fsp3) is 0.286. The van der Waals surface area contributed by atoms with E-state index < -0.39 is 0 Å². The van der Waals surface area contributed by atoms with Gasteiger partial charge in [0.05, 0.1) is 12.8 Å². The van der Waals surface area contributed by atoms with Gasteiger partial charge < -0.3 is 14.5 Å². The van der Waals surface area contributed by atoms with Crippen LogP contribution in [0.3, 0.4) is 0 Å². The van der Waals surface area contributed by atoms with Crippen LogP contribution in [0.2, 0.25) is 0 Å². The maximum absolute atomic E-state index is 12.6. The predicted molar refractivity (Wildman–Crippen MR) is 105 cm³/mol. The maximum Gasteiger partial charge on any atom is 0.258 e. The molecule has 0 spiro atoms. The summed E-state index contributed by atoms with van der Waals surface area (Å²) in [5, 5.41) is 2.80. The van der Waals surface area contributed by atoms with Crippen LogP contribution in [0.25, 0.3) is 0 Å². The highest BCUT2D eigenvalue weighted by molar-refractivity contribution is 6.03. The van der Waals surface area contributed by atoms with E-state index in [0.717, 1.165) is 11.3 Å². The molecule has 7 nitrogen and oxygen atoms in total. The van der Waals surface area contributed by atoms with E-state index >= 15 is 0 Å². The number of rotatable bonds is 8. The molecule has 1 amide bonds. The number of nitrogens with zero attached hydrogens (tertiary/aromatic N) is 2. The average Bonchev–Trinajstić information content (AvgIpc) is 3.47. The predicted octanol–water partition coefficient (Wildman–Crippen LogP) is 3.91. The number of anilines is 1. The molecule has 3 aromatic rings. The molecule has 2 heterocycles. The SMILES string of the molecule is CCOc1cc(C(=O)Nc2ncc(C3CC3)[nH]2)ccc1OCc1cccnc1. The lowest BCUT2D eigenvalue weighted by atomic mass is 10.2. The molecule has 2 N–H and O–H groups in total. The zero-order valence-electron chi connectivity index (χ0n) is 15.6. The van der Waals surface area contributed by atoms with Crippen LogP contribution in [0.4, 0.5) is 5.95 Å². The summed E-state index contributed by atoms with van der Waals surface area (Å²) < 4.78 is 11.5. The van der Waals surface area contributed by atoms with Crippen LogP contribution in [0.1, 0.15) is 47.3 Å². The minimum Gasteiger partial charge on any atom is -0.490 e. The lowest BCUT2D eigenvalue weighted by molar-refractivity contribution is 0.102. The van der Waals surface area contributed by atoms with Crippen molar-refractivity contribution >= 4 is 11.9 Å². The van der Waals surface area contributed by atoms with E-state index in [4.69, 9.17) is 9.47 Å². The Balaban J connectivity index is 1.45. The van der Waals surface area contributed by atoms with Crippen molar-refractivity contribution < 1.29 is 14.3 Å². The number of imidazole rings is 1. The Morgan fingerprint density at radius 1 is 1.21 bits per heavy atom. The Bertz CT molecular complexity index is 951. The number of ether oxygens (including phenoxy) is 2. The molecule has 28 heavy (non-hydrogen) atoms. The van der Waals surface area contributed by atoms with E-state index in [1.165, 1.54) is 12.8 Å². The molecule has 0 bridgehead atoms. The third-order valence-corrected chi connectivity index (χ3v) is 4.47. The first-order valence-corrected chi connectivity index (χ1v) is 9.37. The van der Waals surface area contributed by atoms with Gasteiger partial charge in [-0.1, -0.05) is 6.07 Å². The fourth-order valence-electron chi connectivity index (χ4n) is 2.86. The molecule has 2 aromatic heterocycles. The fourth-order valence-corrected chi connectivity index (χ4v) is 2.86. The van der Waals surface area contributed by atoms with Crippen molar-refractivity contribution in [2.24, 2.45) is 0 Å². The van der Waals surface area contributed by atoms with Gasteiger partial charge in [-0.25, -0.2) is 4.98 Å². The first-order chi connectivity index (χ1) is 13.7. The molecular weight excluding hydrogens is 356 g/mol. The first kappa shape index (κ1) is 18.0. The lowest BCUT2D eigenvalue weighted by Crippen LogP contribution is -2.13. The summed E-state index contributed by atoms with van der Waals surface area (Å²) in [6, 6.07) is 8.94. The van der Waals surface area contributed by atoms with Crippen LogP contribution in [-0.2, 0) is 6.61 Å². The van der Waals surface area contributed by atoms with Gasteiger partial charge in [0.1, 0.15) is 6.61 Å². The smallest absolute Gasteiger partial charge is 0.258 e. The Morgan fingerprint density at radius 3 is 2.86 bits per heavy atom. The highest BCUT2D eigenvalue weighted by Crippen LogP contribution is 2.39. The van der Waals surface area contributed by atoms with Gasteiger partial charge in [0.2, 0.25) is 5.95 Å². The van der Waals surface area contributed by atoms with Crippen molar-refractivity contribution in [3.8, 4) is 11.5 Å². The quantitative estimate of drug-likeness (QED) is 0.620. The second-order valence-corrected chi connectivity index (χ2v) is 6.66. The van der Waals surface area contributed by atoms with E-state index in [9.17, 15) is 4.79 Å². The standard InChI is InChI=1S/C21H22N4O3/c1-2-27-19-10-16(7-8-18(19)28-13-14-4-3-9-22-11-14)20(26)25-21-23-12-17(24-21)15-5-6-15/h3-4,7-12,15H,2,5-6,13H2,1H3,(H2,23,24,25,26). The molecule has 7 heteroatoms. The van der Waals surface area contributed by atoms with Crippen molar-refractivity contribution in [1.29, 1.82) is 0 Å². The largest absolute Gasteiger partial charge is 0.490 e. The average molecular weight is 378 g/mol. The van der Waals surface area contributed by atoms with E-state index in [1.54, 1.807) is 36.8 Å². The lowest BCUT2D eigenvalue weighted by Gasteiger charge is -2.13. The van der Waals surface area contributed by atoms with Crippen molar-refractivity contribution in [1.82, 2.24) is 15.0 Å². The van der Waals surface area contributed by atoms with Gasteiger partial charge in [-0.15, -0.1) is 0 Å². The molecule has 1 fully saturated rings.